The van der Waals surface area contributed by atoms with Gasteiger partial charge in [-0.15, -0.1) is 0 Å². The molecule has 1 aliphatic rings. The van der Waals surface area contributed by atoms with Crippen molar-refractivity contribution < 1.29 is 4.79 Å². The second-order valence-electron chi connectivity index (χ2n) is 3.71. The monoisotopic (exact) mass is 185 g/mol. The fourth-order valence-corrected chi connectivity index (χ4v) is 1.42. The van der Waals surface area contributed by atoms with Crippen LogP contribution in [0.15, 0.2) is 0 Å². The molecule has 1 fully saturated rings. The van der Waals surface area contributed by atoms with E-state index in [2.05, 4.69) is 10.6 Å². The fourth-order valence-electron chi connectivity index (χ4n) is 1.42. The Bertz CT molecular complexity index is 164. The standard InChI is InChI=1S/C9H19N3O/c1-12(2)9(13)7-11-8-4-3-5-10-6-8/h8,10-11H,3-7H2,1-2H3. The summed E-state index contributed by atoms with van der Waals surface area (Å²) in [5, 5.41) is 6.55. The van der Waals surface area contributed by atoms with E-state index in [-0.39, 0.29) is 5.91 Å². The molecule has 0 aliphatic carbocycles. The molecule has 4 heteroatoms. The van der Waals surface area contributed by atoms with Crippen molar-refractivity contribution in [1.82, 2.24) is 15.5 Å². The highest BCUT2D eigenvalue weighted by atomic mass is 16.2. The first-order valence-electron chi connectivity index (χ1n) is 4.84. The zero-order valence-corrected chi connectivity index (χ0v) is 8.47. The highest BCUT2D eigenvalue weighted by molar-refractivity contribution is 5.77. The Kier molecular flexibility index (Phi) is 4.18. The van der Waals surface area contributed by atoms with Crippen LogP contribution in [-0.2, 0) is 4.79 Å². The Balaban J connectivity index is 2.13. The van der Waals surface area contributed by atoms with Gasteiger partial charge in [-0.1, -0.05) is 0 Å². The Labute approximate surface area is 79.7 Å². The van der Waals surface area contributed by atoms with E-state index in [0.717, 1.165) is 13.1 Å². The summed E-state index contributed by atoms with van der Waals surface area (Å²) in [7, 11) is 3.56. The maximum atomic E-state index is 11.2. The fraction of sp³-hybridized carbons (Fsp3) is 0.889. The van der Waals surface area contributed by atoms with E-state index < -0.39 is 0 Å². The van der Waals surface area contributed by atoms with Gasteiger partial charge < -0.3 is 15.5 Å². The van der Waals surface area contributed by atoms with Gasteiger partial charge in [0.15, 0.2) is 0 Å². The molecular formula is C9H19N3O. The molecule has 0 bridgehead atoms. The van der Waals surface area contributed by atoms with Crippen molar-refractivity contribution in [1.29, 1.82) is 0 Å². The number of nitrogens with one attached hydrogen (secondary N) is 2. The highest BCUT2D eigenvalue weighted by Gasteiger charge is 2.13. The molecule has 2 N–H and O–H groups in total. The van der Waals surface area contributed by atoms with E-state index in [9.17, 15) is 4.79 Å². The average molecular weight is 185 g/mol. The molecule has 0 spiro atoms. The molecule has 1 atom stereocenters. The van der Waals surface area contributed by atoms with Crippen molar-refractivity contribution in [3.05, 3.63) is 0 Å². The van der Waals surface area contributed by atoms with Crippen LogP contribution in [0.2, 0.25) is 0 Å². The van der Waals surface area contributed by atoms with Crippen LogP contribution >= 0.6 is 0 Å². The molecular weight excluding hydrogens is 166 g/mol. The third kappa shape index (κ3) is 3.74. The molecule has 1 rings (SSSR count). The third-order valence-corrected chi connectivity index (χ3v) is 2.34. The van der Waals surface area contributed by atoms with E-state index in [4.69, 9.17) is 0 Å². The molecule has 0 aromatic carbocycles. The average Bonchev–Trinajstić information content (AvgIpc) is 2.15. The maximum absolute atomic E-state index is 11.2. The lowest BCUT2D eigenvalue weighted by Gasteiger charge is -2.24. The number of hydrogen-bond acceptors (Lipinski definition) is 3. The molecule has 1 unspecified atom stereocenters. The Morgan fingerprint density at radius 3 is 2.92 bits per heavy atom. The van der Waals surface area contributed by atoms with Gasteiger partial charge in [0, 0.05) is 26.7 Å². The van der Waals surface area contributed by atoms with Crippen LogP contribution in [0, 0.1) is 0 Å². The minimum atomic E-state index is 0.144. The summed E-state index contributed by atoms with van der Waals surface area (Å²) in [6.07, 6.45) is 2.38. The molecule has 1 heterocycles. The Hall–Kier alpha value is -0.610. The first kappa shape index (κ1) is 10.5. The van der Waals surface area contributed by atoms with Crippen LogP contribution in [0.3, 0.4) is 0 Å². The van der Waals surface area contributed by atoms with Crippen molar-refractivity contribution >= 4 is 5.91 Å². The smallest absolute Gasteiger partial charge is 0.236 e. The summed E-state index contributed by atoms with van der Waals surface area (Å²) in [6.45, 7) is 2.56. The highest BCUT2D eigenvalue weighted by Crippen LogP contribution is 2.00. The largest absolute Gasteiger partial charge is 0.348 e. The van der Waals surface area contributed by atoms with Gasteiger partial charge >= 0.3 is 0 Å². The maximum Gasteiger partial charge on any atom is 0.236 e. The van der Waals surface area contributed by atoms with Crippen molar-refractivity contribution in [3.63, 3.8) is 0 Å². The summed E-state index contributed by atoms with van der Waals surface area (Å²) in [5.74, 6) is 0.144. The summed E-state index contributed by atoms with van der Waals surface area (Å²) in [4.78, 5) is 12.8. The molecule has 0 aromatic rings. The van der Waals surface area contributed by atoms with Crippen molar-refractivity contribution in [2.45, 2.75) is 18.9 Å². The molecule has 76 valence electrons. The number of amides is 1. The number of nitrogens with zero attached hydrogens (tertiary/aromatic N) is 1. The van der Waals surface area contributed by atoms with Crippen LogP contribution in [-0.4, -0.2) is 50.6 Å². The number of hydrogen-bond donors (Lipinski definition) is 2. The van der Waals surface area contributed by atoms with Crippen LogP contribution in [0.5, 0.6) is 0 Å². The zero-order chi connectivity index (χ0) is 9.68. The molecule has 0 saturated carbocycles. The van der Waals surface area contributed by atoms with Crippen molar-refractivity contribution in [2.75, 3.05) is 33.7 Å². The van der Waals surface area contributed by atoms with Gasteiger partial charge in [0.2, 0.25) is 5.91 Å². The number of carbonyl (C=O) groups excluding carboxylic acids is 1. The van der Waals surface area contributed by atoms with E-state index in [1.165, 1.54) is 12.8 Å². The minimum Gasteiger partial charge on any atom is -0.348 e. The van der Waals surface area contributed by atoms with Crippen molar-refractivity contribution in [2.24, 2.45) is 0 Å². The lowest BCUT2D eigenvalue weighted by Crippen LogP contribution is -2.46. The predicted octanol–water partition coefficient (Wildman–Crippen LogP) is -0.584. The summed E-state index contributed by atoms with van der Waals surface area (Å²) in [6, 6.07) is 0.470. The van der Waals surface area contributed by atoms with Crippen molar-refractivity contribution in [3.8, 4) is 0 Å². The van der Waals surface area contributed by atoms with Crippen LogP contribution < -0.4 is 10.6 Å². The lowest BCUT2D eigenvalue weighted by atomic mass is 10.1. The normalized spacial score (nSPS) is 22.8. The zero-order valence-electron chi connectivity index (χ0n) is 8.47. The quantitative estimate of drug-likeness (QED) is 0.618. The topological polar surface area (TPSA) is 44.4 Å². The van der Waals surface area contributed by atoms with Gasteiger partial charge in [-0.2, -0.15) is 0 Å². The van der Waals surface area contributed by atoms with Crippen LogP contribution in [0.4, 0.5) is 0 Å². The van der Waals surface area contributed by atoms with Gasteiger partial charge in [0.25, 0.3) is 0 Å². The first-order chi connectivity index (χ1) is 6.20. The first-order valence-corrected chi connectivity index (χ1v) is 4.84. The molecule has 1 amide bonds. The van der Waals surface area contributed by atoms with Gasteiger partial charge in [-0.05, 0) is 19.4 Å². The SMILES string of the molecule is CN(C)C(=O)CNC1CCCNC1. The van der Waals surface area contributed by atoms with Gasteiger partial charge in [0.05, 0.1) is 6.54 Å². The van der Waals surface area contributed by atoms with Gasteiger partial charge in [-0.25, -0.2) is 0 Å². The van der Waals surface area contributed by atoms with Crippen LogP contribution in [0.25, 0.3) is 0 Å². The summed E-state index contributed by atoms with van der Waals surface area (Å²) in [5.41, 5.74) is 0. The van der Waals surface area contributed by atoms with E-state index in [0.29, 0.717) is 12.6 Å². The summed E-state index contributed by atoms with van der Waals surface area (Å²) < 4.78 is 0. The van der Waals surface area contributed by atoms with Gasteiger partial charge in [-0.3, -0.25) is 4.79 Å². The number of rotatable bonds is 3. The Morgan fingerprint density at radius 2 is 2.38 bits per heavy atom. The predicted molar refractivity (Wildman–Crippen MR) is 52.6 cm³/mol. The number of piperidine rings is 1. The molecule has 4 nitrogen and oxygen atoms in total. The number of carbonyl (C=O) groups is 1. The Morgan fingerprint density at radius 1 is 1.62 bits per heavy atom. The second-order valence-corrected chi connectivity index (χ2v) is 3.71. The minimum absolute atomic E-state index is 0.144. The molecule has 0 radical (unpaired) electrons. The third-order valence-electron chi connectivity index (χ3n) is 2.34. The lowest BCUT2D eigenvalue weighted by molar-refractivity contribution is -0.127. The van der Waals surface area contributed by atoms with Gasteiger partial charge in [0.1, 0.15) is 0 Å². The number of likely N-dealkylation sites (N-methyl/N-ethyl adjacent to an activating group) is 1. The van der Waals surface area contributed by atoms with E-state index >= 15 is 0 Å². The van der Waals surface area contributed by atoms with E-state index in [1.54, 1.807) is 19.0 Å². The molecule has 1 aliphatic heterocycles. The second kappa shape index (κ2) is 5.19. The molecule has 1 saturated heterocycles. The van der Waals surface area contributed by atoms with Crippen LogP contribution in [0.1, 0.15) is 12.8 Å². The molecule has 13 heavy (non-hydrogen) atoms. The van der Waals surface area contributed by atoms with E-state index in [1.807, 2.05) is 0 Å². The molecule has 0 aromatic heterocycles. The summed E-state index contributed by atoms with van der Waals surface area (Å²) >= 11 is 0.